The van der Waals surface area contributed by atoms with E-state index in [0.717, 1.165) is 34.1 Å². The summed E-state index contributed by atoms with van der Waals surface area (Å²) in [4.78, 5) is 4.99. The maximum Gasteiger partial charge on any atom is 0.0726 e. The summed E-state index contributed by atoms with van der Waals surface area (Å²) in [6.45, 7) is 4.78. The molecule has 0 saturated carbocycles. The lowest BCUT2D eigenvalue weighted by Crippen LogP contribution is -2.29. The van der Waals surface area contributed by atoms with Crippen LogP contribution in [0.5, 0.6) is 0 Å². The van der Waals surface area contributed by atoms with Gasteiger partial charge in [-0.3, -0.25) is 0 Å². The van der Waals surface area contributed by atoms with Crippen LogP contribution in [-0.4, -0.2) is 0 Å². The second kappa shape index (κ2) is 16.5. The number of benzene rings is 12. The lowest BCUT2D eigenvalue weighted by atomic mass is 9.66. The van der Waals surface area contributed by atoms with E-state index in [4.69, 9.17) is 0 Å². The van der Waals surface area contributed by atoms with Gasteiger partial charge in [0.25, 0.3) is 0 Å². The predicted molar refractivity (Wildman–Crippen MR) is 332 cm³/mol. The summed E-state index contributed by atoms with van der Waals surface area (Å²) in [7, 11) is 0. The van der Waals surface area contributed by atoms with Crippen LogP contribution in [0, 0.1) is 0 Å². The topological polar surface area (TPSA) is 6.48 Å². The van der Waals surface area contributed by atoms with Crippen molar-refractivity contribution in [2.45, 2.75) is 24.7 Å². The van der Waals surface area contributed by atoms with E-state index in [0.29, 0.717) is 0 Å². The van der Waals surface area contributed by atoms with Gasteiger partial charge in [0, 0.05) is 59.5 Å². The highest BCUT2D eigenvalue weighted by Gasteiger charge is 2.50. The van der Waals surface area contributed by atoms with E-state index in [2.05, 4.69) is 291 Å². The van der Waals surface area contributed by atoms with E-state index < -0.39 is 5.41 Å². The fourth-order valence-corrected chi connectivity index (χ4v) is 15.8. The first-order chi connectivity index (χ1) is 38.9. The van der Waals surface area contributed by atoms with E-state index in [1.165, 1.54) is 120 Å². The van der Waals surface area contributed by atoms with E-state index >= 15 is 0 Å². The first-order valence-electron chi connectivity index (χ1n) is 27.6. The second-order valence-corrected chi connectivity index (χ2v) is 23.4. The smallest absolute Gasteiger partial charge is 0.0726 e. The summed E-state index contributed by atoms with van der Waals surface area (Å²) in [6, 6.07) is 101. The molecule has 0 bridgehead atoms. The number of thiophene rings is 1. The highest BCUT2D eigenvalue weighted by atomic mass is 32.1. The monoisotopic (exact) mass is 1020 g/mol. The van der Waals surface area contributed by atoms with Crippen molar-refractivity contribution in [3.63, 3.8) is 0 Å². The molecule has 1 aromatic heterocycles. The van der Waals surface area contributed by atoms with Crippen molar-refractivity contribution >= 4 is 65.6 Å². The van der Waals surface area contributed by atoms with Gasteiger partial charge in [-0.25, -0.2) is 0 Å². The van der Waals surface area contributed by atoms with E-state index in [9.17, 15) is 0 Å². The molecule has 370 valence electrons. The Morgan fingerprint density at radius 3 is 1.49 bits per heavy atom. The summed E-state index contributed by atoms with van der Waals surface area (Å²) >= 11 is 1.91. The first-order valence-corrected chi connectivity index (χ1v) is 28.4. The van der Waals surface area contributed by atoms with Crippen molar-refractivity contribution < 1.29 is 0 Å². The molecule has 4 aliphatic rings. The zero-order valence-electron chi connectivity index (χ0n) is 43.7. The molecule has 0 N–H and O–H groups in total. The highest BCUT2D eigenvalue weighted by Crippen LogP contribution is 2.63. The molecular weight excluding hydrogens is 973 g/mol. The minimum atomic E-state index is -0.627. The van der Waals surface area contributed by atoms with Gasteiger partial charge in [-0.2, -0.15) is 0 Å². The van der Waals surface area contributed by atoms with Gasteiger partial charge in [-0.05, 0) is 168 Å². The molecule has 0 saturated heterocycles. The van der Waals surface area contributed by atoms with Gasteiger partial charge in [-0.1, -0.05) is 202 Å². The van der Waals surface area contributed by atoms with E-state index in [1.54, 1.807) is 0 Å². The van der Waals surface area contributed by atoms with Crippen LogP contribution in [0.3, 0.4) is 0 Å². The average molecular weight is 1020 g/mol. The van der Waals surface area contributed by atoms with Crippen molar-refractivity contribution in [3.8, 4) is 66.8 Å². The van der Waals surface area contributed by atoms with Crippen LogP contribution in [0.15, 0.2) is 267 Å². The highest BCUT2D eigenvalue weighted by molar-refractivity contribution is 7.25. The molecule has 0 radical (unpaired) electrons. The van der Waals surface area contributed by atoms with Crippen LogP contribution in [0.4, 0.5) is 34.1 Å². The van der Waals surface area contributed by atoms with Crippen molar-refractivity contribution in [1.29, 1.82) is 0 Å². The normalized spacial score (nSPS) is 15.3. The molecule has 1 atom stereocenters. The van der Waals surface area contributed by atoms with Gasteiger partial charge in [0.2, 0.25) is 0 Å². The number of anilines is 6. The molecule has 13 aromatic rings. The molecular formula is C76H50N2S. The summed E-state index contributed by atoms with van der Waals surface area (Å²) in [5, 5.41) is 2.64. The molecule has 3 aliphatic carbocycles. The van der Waals surface area contributed by atoms with Gasteiger partial charge in [0.15, 0.2) is 0 Å². The van der Waals surface area contributed by atoms with Crippen molar-refractivity contribution in [3.05, 3.63) is 300 Å². The molecule has 0 amide bonds. The number of rotatable bonds is 4. The van der Waals surface area contributed by atoms with Gasteiger partial charge in [0.05, 0.1) is 16.8 Å². The molecule has 0 fully saturated rings. The number of hydrogen-bond acceptors (Lipinski definition) is 3. The Morgan fingerprint density at radius 2 is 0.759 bits per heavy atom. The van der Waals surface area contributed by atoms with Gasteiger partial charge in [-0.15, -0.1) is 11.3 Å². The molecule has 1 spiro atoms. The number of hydrogen-bond donors (Lipinski definition) is 0. The summed E-state index contributed by atoms with van der Waals surface area (Å²) < 4.78 is 2.64. The Labute approximate surface area is 464 Å². The summed E-state index contributed by atoms with van der Waals surface area (Å²) in [6.07, 6.45) is 0. The van der Waals surface area contributed by atoms with E-state index in [1.807, 2.05) is 11.3 Å². The number of fused-ring (bicyclic) bond motifs is 23. The fraction of sp³-hybridized carbons (Fsp3) is 0.0526. The minimum Gasteiger partial charge on any atom is -0.310 e. The van der Waals surface area contributed by atoms with Crippen LogP contribution < -0.4 is 9.80 Å². The molecule has 3 heteroatoms. The zero-order chi connectivity index (χ0) is 52.1. The van der Waals surface area contributed by atoms with Gasteiger partial charge < -0.3 is 9.80 Å². The van der Waals surface area contributed by atoms with Crippen LogP contribution in [0.25, 0.3) is 86.9 Å². The van der Waals surface area contributed by atoms with Crippen LogP contribution in [-0.2, 0) is 10.8 Å². The Bertz CT molecular complexity index is 4730. The standard InChI is InChI=1S/C76H50N2S/c1-75(2)65-31-15-10-27-56(65)58-39-36-50(44-69(58)75)77(49-38-41-72-63(43-49)54-25-9-7-23-52(54)59-29-13-18-34-71(59)78(72)47-20-4-3-5-21-47)48-37-40-68-61(42-48)53-24-8-6-22-51(53)55-26-11-16-32-66(55)76(68)67-33-17-12-28-57(67)62-45-64-60-30-14-19-35-73(60)79-74(64)46-70(62)76/h3-46H,1-2H3. The third-order valence-electron chi connectivity index (χ3n) is 18.0. The minimum absolute atomic E-state index is 0.198. The summed E-state index contributed by atoms with van der Waals surface area (Å²) in [5.74, 6) is 0. The second-order valence-electron chi connectivity index (χ2n) is 22.3. The Morgan fingerprint density at radius 1 is 0.291 bits per heavy atom. The average Bonchev–Trinajstić information content (AvgIpc) is 2.76. The largest absolute Gasteiger partial charge is 0.310 e. The van der Waals surface area contributed by atoms with Crippen LogP contribution in [0.1, 0.15) is 47.2 Å². The maximum atomic E-state index is 2.56. The zero-order valence-corrected chi connectivity index (χ0v) is 44.5. The molecule has 1 aliphatic heterocycles. The molecule has 79 heavy (non-hydrogen) atoms. The van der Waals surface area contributed by atoms with Crippen LogP contribution in [0.2, 0.25) is 0 Å². The van der Waals surface area contributed by atoms with Gasteiger partial charge in [0.1, 0.15) is 0 Å². The van der Waals surface area contributed by atoms with Crippen molar-refractivity contribution in [1.82, 2.24) is 0 Å². The third-order valence-corrected chi connectivity index (χ3v) is 19.2. The summed E-state index contributed by atoms with van der Waals surface area (Å²) in [5.41, 5.74) is 28.9. The quantitative estimate of drug-likeness (QED) is 0.173. The Kier molecular flexibility index (Phi) is 9.30. The van der Waals surface area contributed by atoms with Crippen molar-refractivity contribution in [2.75, 3.05) is 9.80 Å². The predicted octanol–water partition coefficient (Wildman–Crippen LogP) is 21.0. The third kappa shape index (κ3) is 6.11. The molecule has 1 unspecified atom stereocenters. The Hall–Kier alpha value is -9.54. The molecule has 12 aromatic carbocycles. The van der Waals surface area contributed by atoms with Crippen LogP contribution >= 0.6 is 11.3 Å². The van der Waals surface area contributed by atoms with E-state index in [-0.39, 0.29) is 5.41 Å². The SMILES string of the molecule is CC1(C)c2ccccc2-c2ccc(N(c3ccc4c(c3)-c3ccccc3-c3ccccc3N4c3ccccc3)c3ccc4c(c3)-c3ccccc3-c3ccccc3C43c4ccccc4-c4cc5c(cc43)sc3ccccc35)cc21. The molecule has 2 heterocycles. The Balaban J connectivity index is 0.954. The maximum absolute atomic E-state index is 2.56. The van der Waals surface area contributed by atoms with Crippen molar-refractivity contribution in [2.24, 2.45) is 0 Å². The lowest BCUT2D eigenvalue weighted by Gasteiger charge is -2.36. The molecule has 17 rings (SSSR count). The first kappa shape index (κ1) is 44.6. The number of nitrogens with zero attached hydrogens (tertiary/aromatic N) is 2. The molecule has 2 nitrogen and oxygen atoms in total. The fourth-order valence-electron chi connectivity index (χ4n) is 14.6. The van der Waals surface area contributed by atoms with Gasteiger partial charge >= 0.3 is 0 Å². The lowest BCUT2D eigenvalue weighted by molar-refractivity contribution is 0.660. The number of para-hydroxylation sites is 2.